The average molecular weight is 275 g/mol. The predicted octanol–water partition coefficient (Wildman–Crippen LogP) is 2.03. The number of hydrogen-bond donors (Lipinski definition) is 2. The summed E-state index contributed by atoms with van der Waals surface area (Å²) in [6.45, 7) is 0.324. The number of nitrogens with two attached hydrogens (primary N) is 1. The van der Waals surface area contributed by atoms with Crippen LogP contribution in [0.3, 0.4) is 0 Å². The van der Waals surface area contributed by atoms with Gasteiger partial charge in [0.05, 0.1) is 13.2 Å². The molecule has 0 radical (unpaired) electrons. The molecule has 104 valence electrons. The normalized spacial score (nSPS) is 11.6. The van der Waals surface area contributed by atoms with E-state index in [1.165, 1.54) is 12.3 Å². The molecule has 0 unspecified atom stereocenters. The Balaban J connectivity index is 2.03. The van der Waals surface area contributed by atoms with Crippen molar-refractivity contribution >= 4 is 5.84 Å². The Kier molecular flexibility index (Phi) is 4.62. The van der Waals surface area contributed by atoms with E-state index in [4.69, 9.17) is 15.7 Å². The summed E-state index contributed by atoms with van der Waals surface area (Å²) in [5, 5.41) is 11.6. The average Bonchev–Trinajstić information content (AvgIpc) is 2.49. The molecule has 20 heavy (non-hydrogen) atoms. The fourth-order valence-corrected chi connectivity index (χ4v) is 1.72. The molecule has 0 amide bonds. The lowest BCUT2D eigenvalue weighted by atomic mass is 10.2. The second-order valence-corrected chi connectivity index (χ2v) is 4.08. The second-order valence-electron chi connectivity index (χ2n) is 4.08. The molecule has 0 aliphatic carbocycles. The van der Waals surface area contributed by atoms with E-state index in [-0.39, 0.29) is 24.9 Å². The number of oxime groups is 1. The van der Waals surface area contributed by atoms with Gasteiger partial charge >= 0.3 is 0 Å². The number of nitrogens with zero attached hydrogens (tertiary/aromatic N) is 2. The highest BCUT2D eigenvalue weighted by Gasteiger charge is 2.08. The fourth-order valence-electron chi connectivity index (χ4n) is 1.72. The molecule has 0 saturated carbocycles. The monoisotopic (exact) mass is 275 g/mol. The van der Waals surface area contributed by atoms with Crippen molar-refractivity contribution in [2.24, 2.45) is 10.9 Å². The van der Waals surface area contributed by atoms with Crippen molar-refractivity contribution in [3.8, 4) is 0 Å². The van der Waals surface area contributed by atoms with E-state index in [1.807, 2.05) is 0 Å². The van der Waals surface area contributed by atoms with E-state index in [0.717, 1.165) is 0 Å². The van der Waals surface area contributed by atoms with Crippen LogP contribution >= 0.6 is 0 Å². The number of hydrogen-bond acceptors (Lipinski definition) is 4. The van der Waals surface area contributed by atoms with Crippen LogP contribution in [0.25, 0.3) is 0 Å². The van der Waals surface area contributed by atoms with Gasteiger partial charge in [-0.3, -0.25) is 4.98 Å². The summed E-state index contributed by atoms with van der Waals surface area (Å²) in [6.07, 6.45) is 1.54. The Labute approximate surface area is 115 Å². The van der Waals surface area contributed by atoms with E-state index < -0.39 is 0 Å². The number of halogens is 1. The molecule has 0 spiro atoms. The lowest BCUT2D eigenvalue weighted by Crippen LogP contribution is -2.17. The standard InChI is InChI=1S/C14H14FN3O2/c15-12-6-2-1-4-10(12)8-20-9-11-5-3-7-17-13(11)14(16)18-19/h1-7,19H,8-9H2,(H2,16,18). The Bertz CT molecular complexity index is 617. The number of rotatable bonds is 5. The summed E-state index contributed by atoms with van der Waals surface area (Å²) in [6, 6.07) is 9.87. The van der Waals surface area contributed by atoms with Crippen molar-refractivity contribution in [3.63, 3.8) is 0 Å². The lowest BCUT2D eigenvalue weighted by molar-refractivity contribution is 0.104. The molecule has 2 rings (SSSR count). The Morgan fingerprint density at radius 2 is 1.90 bits per heavy atom. The smallest absolute Gasteiger partial charge is 0.189 e. The SMILES string of the molecule is NC(=NO)c1ncccc1COCc1ccccc1F. The summed E-state index contributed by atoms with van der Waals surface area (Å²) in [4.78, 5) is 4.02. The molecular weight excluding hydrogens is 261 g/mol. The number of benzene rings is 1. The first kappa shape index (κ1) is 14.0. The molecule has 0 aliphatic heterocycles. The summed E-state index contributed by atoms with van der Waals surface area (Å²) < 4.78 is 18.9. The van der Waals surface area contributed by atoms with Gasteiger partial charge in [0.25, 0.3) is 0 Å². The molecule has 0 atom stereocenters. The van der Waals surface area contributed by atoms with Gasteiger partial charge in [-0.25, -0.2) is 4.39 Å². The minimum atomic E-state index is -0.310. The summed E-state index contributed by atoms with van der Waals surface area (Å²) in [5.74, 6) is -0.398. The quantitative estimate of drug-likeness (QED) is 0.378. The van der Waals surface area contributed by atoms with Crippen molar-refractivity contribution in [3.05, 3.63) is 65.2 Å². The molecule has 0 fully saturated rings. The Morgan fingerprint density at radius 1 is 1.20 bits per heavy atom. The highest BCUT2D eigenvalue weighted by molar-refractivity contribution is 5.96. The molecule has 1 heterocycles. The third-order valence-electron chi connectivity index (χ3n) is 2.71. The minimum Gasteiger partial charge on any atom is -0.409 e. The second kappa shape index (κ2) is 6.63. The van der Waals surface area contributed by atoms with Crippen molar-refractivity contribution in [2.45, 2.75) is 13.2 Å². The first-order chi connectivity index (χ1) is 9.72. The van der Waals surface area contributed by atoms with E-state index in [1.54, 1.807) is 30.3 Å². The van der Waals surface area contributed by atoms with Crippen LogP contribution in [0, 0.1) is 5.82 Å². The first-order valence-corrected chi connectivity index (χ1v) is 5.95. The molecule has 0 bridgehead atoms. The summed E-state index contributed by atoms with van der Waals surface area (Å²) >= 11 is 0. The Morgan fingerprint density at radius 3 is 2.65 bits per heavy atom. The number of aromatic nitrogens is 1. The van der Waals surface area contributed by atoms with E-state index >= 15 is 0 Å². The zero-order valence-electron chi connectivity index (χ0n) is 10.7. The van der Waals surface area contributed by atoms with Gasteiger partial charge in [0.2, 0.25) is 0 Å². The molecule has 2 aromatic rings. The predicted molar refractivity (Wildman–Crippen MR) is 71.6 cm³/mol. The van der Waals surface area contributed by atoms with Gasteiger partial charge in [0, 0.05) is 17.3 Å². The largest absolute Gasteiger partial charge is 0.409 e. The number of amidine groups is 1. The van der Waals surface area contributed by atoms with Crippen LogP contribution in [0.1, 0.15) is 16.8 Å². The molecule has 1 aromatic carbocycles. The lowest BCUT2D eigenvalue weighted by Gasteiger charge is -2.08. The van der Waals surface area contributed by atoms with Crippen molar-refractivity contribution in [2.75, 3.05) is 0 Å². The highest BCUT2D eigenvalue weighted by Crippen LogP contribution is 2.11. The molecule has 5 nitrogen and oxygen atoms in total. The van der Waals surface area contributed by atoms with Crippen LogP contribution < -0.4 is 5.73 Å². The van der Waals surface area contributed by atoms with Gasteiger partial charge in [0.1, 0.15) is 11.5 Å². The van der Waals surface area contributed by atoms with Gasteiger partial charge in [-0.05, 0) is 12.1 Å². The highest BCUT2D eigenvalue weighted by atomic mass is 19.1. The molecule has 6 heteroatoms. The van der Waals surface area contributed by atoms with Crippen molar-refractivity contribution in [1.82, 2.24) is 4.98 Å². The third-order valence-corrected chi connectivity index (χ3v) is 2.71. The molecular formula is C14H14FN3O2. The van der Waals surface area contributed by atoms with E-state index in [0.29, 0.717) is 16.8 Å². The molecule has 0 saturated heterocycles. The van der Waals surface area contributed by atoms with E-state index in [9.17, 15) is 4.39 Å². The van der Waals surface area contributed by atoms with Crippen LogP contribution in [0.4, 0.5) is 4.39 Å². The van der Waals surface area contributed by atoms with Crippen LogP contribution in [0.15, 0.2) is 47.8 Å². The Hall–Kier alpha value is -2.47. The van der Waals surface area contributed by atoms with Crippen LogP contribution in [0.5, 0.6) is 0 Å². The zero-order valence-corrected chi connectivity index (χ0v) is 10.7. The maximum atomic E-state index is 13.4. The topological polar surface area (TPSA) is 80.7 Å². The zero-order chi connectivity index (χ0) is 14.4. The molecule has 3 N–H and O–H groups in total. The van der Waals surface area contributed by atoms with E-state index in [2.05, 4.69) is 10.1 Å². The number of ether oxygens (including phenoxy) is 1. The van der Waals surface area contributed by atoms with Crippen molar-refractivity contribution < 1.29 is 14.3 Å². The number of pyridine rings is 1. The maximum Gasteiger partial charge on any atom is 0.189 e. The fraction of sp³-hybridized carbons (Fsp3) is 0.143. The van der Waals surface area contributed by atoms with Gasteiger partial charge < -0.3 is 15.7 Å². The van der Waals surface area contributed by atoms with Gasteiger partial charge in [0.15, 0.2) is 5.84 Å². The minimum absolute atomic E-state index is 0.0879. The van der Waals surface area contributed by atoms with Gasteiger partial charge in [-0.2, -0.15) is 0 Å². The first-order valence-electron chi connectivity index (χ1n) is 5.95. The van der Waals surface area contributed by atoms with Crippen LogP contribution in [-0.4, -0.2) is 16.0 Å². The van der Waals surface area contributed by atoms with Crippen LogP contribution in [-0.2, 0) is 18.0 Å². The van der Waals surface area contributed by atoms with Gasteiger partial charge in [-0.15, -0.1) is 0 Å². The maximum absolute atomic E-state index is 13.4. The van der Waals surface area contributed by atoms with Gasteiger partial charge in [-0.1, -0.05) is 29.4 Å². The third kappa shape index (κ3) is 3.30. The summed E-state index contributed by atoms with van der Waals surface area (Å²) in [7, 11) is 0. The molecule has 1 aromatic heterocycles. The summed E-state index contributed by atoms with van der Waals surface area (Å²) in [5.41, 5.74) is 7.01. The van der Waals surface area contributed by atoms with Crippen LogP contribution in [0.2, 0.25) is 0 Å². The molecule has 0 aliphatic rings. The van der Waals surface area contributed by atoms with Crippen molar-refractivity contribution in [1.29, 1.82) is 0 Å².